The van der Waals surface area contributed by atoms with Crippen molar-refractivity contribution >= 4 is 0 Å². The second kappa shape index (κ2) is 9.25. The van der Waals surface area contributed by atoms with E-state index in [9.17, 15) is 17.6 Å². The van der Waals surface area contributed by atoms with Crippen molar-refractivity contribution in [3.63, 3.8) is 0 Å². The summed E-state index contributed by atoms with van der Waals surface area (Å²) in [7, 11) is 0. The summed E-state index contributed by atoms with van der Waals surface area (Å²) in [5.41, 5.74) is 0.762. The lowest BCUT2D eigenvalue weighted by Crippen LogP contribution is -2.18. The van der Waals surface area contributed by atoms with E-state index < -0.39 is 23.6 Å². The Balaban J connectivity index is 1.57. The Morgan fingerprint density at radius 3 is 2.07 bits per heavy atom. The highest BCUT2D eigenvalue weighted by Gasteiger charge is 2.33. The summed E-state index contributed by atoms with van der Waals surface area (Å²) in [5.74, 6) is -0.600. The van der Waals surface area contributed by atoms with Gasteiger partial charge in [-0.1, -0.05) is 39.0 Å². The Morgan fingerprint density at radius 2 is 1.52 bits per heavy atom. The average Bonchev–Trinajstić information content (AvgIpc) is 2.60. The molecule has 0 spiro atoms. The van der Waals surface area contributed by atoms with Gasteiger partial charge >= 0.3 is 0 Å². The maximum Gasteiger partial charge on any atom is 0.269 e. The molecule has 0 radical (unpaired) electrons. The summed E-state index contributed by atoms with van der Waals surface area (Å²) in [6.45, 7) is 2.22. The smallest absolute Gasteiger partial charge is 0.207 e. The van der Waals surface area contributed by atoms with Crippen LogP contribution in [0.3, 0.4) is 0 Å². The summed E-state index contributed by atoms with van der Waals surface area (Å²) < 4.78 is 54.1. The van der Waals surface area contributed by atoms with E-state index >= 15 is 0 Å². The maximum atomic E-state index is 14.5. The van der Waals surface area contributed by atoms with Crippen molar-refractivity contribution < 1.29 is 17.6 Å². The first kappa shape index (κ1) is 20.4. The van der Waals surface area contributed by atoms with E-state index in [4.69, 9.17) is 0 Å². The summed E-state index contributed by atoms with van der Waals surface area (Å²) in [6, 6.07) is 2.91. The lowest BCUT2D eigenvalue weighted by molar-refractivity contribution is 0.301. The second-order valence-electron chi connectivity index (χ2n) is 8.43. The highest BCUT2D eigenvalue weighted by Crippen LogP contribution is 2.46. The molecule has 0 bridgehead atoms. The van der Waals surface area contributed by atoms with Crippen LogP contribution in [0.4, 0.5) is 17.6 Å². The zero-order valence-corrected chi connectivity index (χ0v) is 16.2. The normalized spacial score (nSPS) is 25.4. The molecular formula is C23H30F4. The number of allylic oxidation sites excluding steroid dienone is 1. The number of benzene rings is 1. The number of halogens is 4. The molecule has 0 saturated heterocycles. The van der Waals surface area contributed by atoms with Gasteiger partial charge in [0.05, 0.1) is 0 Å². The van der Waals surface area contributed by atoms with E-state index in [1.165, 1.54) is 44.2 Å². The van der Waals surface area contributed by atoms with Crippen molar-refractivity contribution in [2.75, 3.05) is 0 Å². The highest BCUT2D eigenvalue weighted by molar-refractivity contribution is 5.36. The van der Waals surface area contributed by atoms with Crippen LogP contribution in [0.1, 0.15) is 101 Å². The van der Waals surface area contributed by atoms with Crippen LogP contribution in [0.5, 0.6) is 0 Å². The Morgan fingerprint density at radius 1 is 0.889 bits per heavy atom. The Hall–Kier alpha value is -1.32. The minimum atomic E-state index is -1.70. The average molecular weight is 382 g/mol. The topological polar surface area (TPSA) is 0 Å². The third kappa shape index (κ3) is 4.94. The number of hydrogen-bond acceptors (Lipinski definition) is 0. The second-order valence-corrected chi connectivity index (χ2v) is 8.43. The first-order valence-electron chi connectivity index (χ1n) is 10.5. The number of hydrogen-bond donors (Lipinski definition) is 0. The monoisotopic (exact) mass is 382 g/mol. The van der Waals surface area contributed by atoms with E-state index in [0.29, 0.717) is 0 Å². The minimum Gasteiger partial charge on any atom is -0.207 e. The Kier molecular flexibility index (Phi) is 6.99. The van der Waals surface area contributed by atoms with Gasteiger partial charge in [0.1, 0.15) is 11.6 Å². The molecule has 0 N–H and O–H groups in total. The molecule has 0 unspecified atom stereocenters. The fourth-order valence-electron chi connectivity index (χ4n) is 4.77. The summed E-state index contributed by atoms with van der Waals surface area (Å²) in [5, 5.41) is 0. The molecule has 3 rings (SSSR count). The molecule has 27 heavy (non-hydrogen) atoms. The first-order valence-corrected chi connectivity index (χ1v) is 10.5. The largest absolute Gasteiger partial charge is 0.269 e. The SMILES string of the molecule is CCCCCC[C@H]1CC[C@H](c2cc(F)c(C3CC(=C(F)F)C3)c(F)c2)CC1. The molecule has 0 aromatic heterocycles. The van der Waals surface area contributed by atoms with Gasteiger partial charge in [-0.15, -0.1) is 0 Å². The summed E-state index contributed by atoms with van der Waals surface area (Å²) in [6.07, 6.45) is 9.10. The van der Waals surface area contributed by atoms with Crippen molar-refractivity contribution in [3.05, 3.63) is 46.5 Å². The van der Waals surface area contributed by atoms with Crippen molar-refractivity contribution in [2.45, 2.75) is 89.4 Å². The zero-order valence-electron chi connectivity index (χ0n) is 16.2. The standard InChI is InChI=1S/C23H30F4/c1-2-3-4-5-6-15-7-9-16(10-8-15)17-13-20(24)22(21(25)14-17)18-11-19(12-18)23(26)27/h13-16,18H,2-12H2,1H3/t15-,16-. The van der Waals surface area contributed by atoms with Crippen molar-refractivity contribution in [1.29, 1.82) is 0 Å². The summed E-state index contributed by atoms with van der Waals surface area (Å²) >= 11 is 0. The van der Waals surface area contributed by atoms with Gasteiger partial charge in [-0.3, -0.25) is 0 Å². The van der Waals surface area contributed by atoms with Gasteiger partial charge in [-0.05, 0) is 79.5 Å². The van der Waals surface area contributed by atoms with E-state index in [0.717, 1.165) is 37.2 Å². The molecule has 0 amide bonds. The van der Waals surface area contributed by atoms with Gasteiger partial charge in [-0.2, -0.15) is 8.78 Å². The van der Waals surface area contributed by atoms with E-state index in [2.05, 4.69) is 6.92 Å². The van der Waals surface area contributed by atoms with E-state index in [-0.39, 0.29) is 29.9 Å². The van der Waals surface area contributed by atoms with Crippen LogP contribution in [0.25, 0.3) is 0 Å². The lowest BCUT2D eigenvalue weighted by Gasteiger charge is -2.31. The molecule has 0 aliphatic heterocycles. The molecule has 1 aromatic rings. The lowest BCUT2D eigenvalue weighted by atomic mass is 9.74. The molecule has 2 aliphatic rings. The molecule has 2 saturated carbocycles. The van der Waals surface area contributed by atoms with Gasteiger partial charge in [0.25, 0.3) is 6.08 Å². The molecule has 2 aliphatic carbocycles. The molecule has 0 heterocycles. The molecular weight excluding hydrogens is 352 g/mol. The van der Waals surface area contributed by atoms with Crippen LogP contribution in [0.2, 0.25) is 0 Å². The van der Waals surface area contributed by atoms with Crippen LogP contribution in [0, 0.1) is 17.6 Å². The number of unbranched alkanes of at least 4 members (excludes halogenated alkanes) is 3. The maximum absolute atomic E-state index is 14.5. The van der Waals surface area contributed by atoms with Crippen LogP contribution >= 0.6 is 0 Å². The van der Waals surface area contributed by atoms with Crippen molar-refractivity contribution in [3.8, 4) is 0 Å². The fourth-order valence-corrected chi connectivity index (χ4v) is 4.77. The van der Waals surface area contributed by atoms with Crippen molar-refractivity contribution in [1.82, 2.24) is 0 Å². The van der Waals surface area contributed by atoms with E-state index in [1.54, 1.807) is 0 Å². The Bertz CT molecular complexity index is 636. The fraction of sp³-hybridized carbons (Fsp3) is 0.652. The van der Waals surface area contributed by atoms with E-state index in [1.807, 2.05) is 0 Å². The Labute approximate surface area is 160 Å². The van der Waals surface area contributed by atoms with Crippen molar-refractivity contribution in [2.24, 2.45) is 5.92 Å². The first-order chi connectivity index (χ1) is 13.0. The quantitative estimate of drug-likeness (QED) is 0.329. The zero-order chi connectivity index (χ0) is 19.4. The summed E-state index contributed by atoms with van der Waals surface area (Å²) in [4.78, 5) is 0. The molecule has 2 fully saturated rings. The van der Waals surface area contributed by atoms with Gasteiger partial charge in [0, 0.05) is 5.56 Å². The third-order valence-corrected chi connectivity index (χ3v) is 6.55. The minimum absolute atomic E-state index is 0.00615. The number of rotatable bonds is 7. The third-order valence-electron chi connectivity index (χ3n) is 6.55. The highest BCUT2D eigenvalue weighted by atomic mass is 19.3. The molecule has 4 heteroatoms. The van der Waals surface area contributed by atoms with Crippen LogP contribution < -0.4 is 0 Å². The van der Waals surface area contributed by atoms with Crippen LogP contribution in [-0.4, -0.2) is 0 Å². The molecule has 0 nitrogen and oxygen atoms in total. The van der Waals surface area contributed by atoms with Gasteiger partial charge in [0.2, 0.25) is 0 Å². The van der Waals surface area contributed by atoms with Crippen LogP contribution in [-0.2, 0) is 0 Å². The molecule has 1 aromatic carbocycles. The van der Waals surface area contributed by atoms with Gasteiger partial charge in [0.15, 0.2) is 0 Å². The van der Waals surface area contributed by atoms with Crippen LogP contribution in [0.15, 0.2) is 23.8 Å². The predicted molar refractivity (Wildman–Crippen MR) is 101 cm³/mol. The molecule has 150 valence electrons. The van der Waals surface area contributed by atoms with Gasteiger partial charge < -0.3 is 0 Å². The molecule has 0 atom stereocenters. The predicted octanol–water partition coefficient (Wildman–Crippen LogP) is 8.24. The van der Waals surface area contributed by atoms with Gasteiger partial charge in [-0.25, -0.2) is 8.78 Å².